The number of nitrogens with one attached hydrogen (secondary N) is 2. The van der Waals surface area contributed by atoms with Crippen LogP contribution in [0, 0.1) is 5.82 Å². The third kappa shape index (κ3) is 6.22. The van der Waals surface area contributed by atoms with Gasteiger partial charge in [-0.05, 0) is 53.8 Å². The summed E-state index contributed by atoms with van der Waals surface area (Å²) in [6.07, 6.45) is 1.45. The predicted octanol–water partition coefficient (Wildman–Crippen LogP) is 4.59. The molecule has 0 saturated heterocycles. The maximum atomic E-state index is 13.1. The van der Waals surface area contributed by atoms with Gasteiger partial charge in [0.05, 0.1) is 16.8 Å². The summed E-state index contributed by atoms with van der Waals surface area (Å²) in [6.45, 7) is 1.51. The number of hydrogen-bond donors (Lipinski definition) is 2. The van der Waals surface area contributed by atoms with E-state index < -0.39 is 0 Å². The second-order valence-electron chi connectivity index (χ2n) is 8.40. The van der Waals surface area contributed by atoms with Crippen molar-refractivity contribution in [1.82, 2.24) is 10.2 Å². The molecule has 2 N–H and O–H groups in total. The molecule has 2 amide bonds. The van der Waals surface area contributed by atoms with E-state index in [2.05, 4.69) is 27.7 Å². The lowest BCUT2D eigenvalue weighted by molar-refractivity contribution is -0.127. The third-order valence-electron chi connectivity index (χ3n) is 6.05. The Balaban J connectivity index is 1.37. The third-order valence-corrected chi connectivity index (χ3v) is 6.38. The number of nitrogens with zero attached hydrogens (tertiary/aromatic N) is 1. The maximum Gasteiger partial charge on any atom is 0.237 e. The fourth-order valence-electron chi connectivity index (χ4n) is 4.19. The summed E-state index contributed by atoms with van der Waals surface area (Å²) in [5.41, 5.74) is 3.86. The van der Waals surface area contributed by atoms with Crippen molar-refractivity contribution in [1.29, 1.82) is 0 Å². The summed E-state index contributed by atoms with van der Waals surface area (Å²) in [4.78, 5) is 27.7. The van der Waals surface area contributed by atoms with Crippen LogP contribution in [0.3, 0.4) is 0 Å². The van der Waals surface area contributed by atoms with E-state index in [4.69, 9.17) is 11.6 Å². The Morgan fingerprint density at radius 3 is 2.44 bits per heavy atom. The van der Waals surface area contributed by atoms with Gasteiger partial charge < -0.3 is 10.6 Å². The Hall–Kier alpha value is -3.22. The first-order valence-electron chi connectivity index (χ1n) is 11.4. The molecule has 3 aromatic carbocycles. The zero-order valence-corrected chi connectivity index (χ0v) is 19.5. The Morgan fingerprint density at radius 2 is 1.68 bits per heavy atom. The number of anilines is 1. The van der Waals surface area contributed by atoms with E-state index in [9.17, 15) is 14.0 Å². The van der Waals surface area contributed by atoms with Crippen molar-refractivity contribution < 1.29 is 14.0 Å². The van der Waals surface area contributed by atoms with Crippen LogP contribution in [-0.2, 0) is 29.0 Å². The number of hydrogen-bond acceptors (Lipinski definition) is 3. The number of carbonyl (C=O) groups is 2. The van der Waals surface area contributed by atoms with Crippen LogP contribution in [-0.4, -0.2) is 35.8 Å². The van der Waals surface area contributed by atoms with Gasteiger partial charge in [-0.3, -0.25) is 14.5 Å². The molecule has 1 aliphatic heterocycles. The van der Waals surface area contributed by atoms with Crippen LogP contribution in [0.4, 0.5) is 10.1 Å². The Labute approximate surface area is 203 Å². The number of rotatable bonds is 8. The minimum Gasteiger partial charge on any atom is -0.354 e. The first kappa shape index (κ1) is 23.9. The molecule has 0 spiro atoms. The normalized spacial score (nSPS) is 15.4. The number of carbonyl (C=O) groups excluding carboxylic acids is 2. The highest BCUT2D eigenvalue weighted by Crippen LogP contribution is 2.24. The number of benzene rings is 3. The average molecular weight is 480 g/mol. The molecular formula is C27H27ClFN3O2. The molecule has 7 heteroatoms. The summed E-state index contributed by atoms with van der Waals surface area (Å²) in [5.74, 6) is -0.492. The van der Waals surface area contributed by atoms with Crippen molar-refractivity contribution in [3.63, 3.8) is 0 Å². The smallest absolute Gasteiger partial charge is 0.237 e. The number of amides is 2. The quantitative estimate of drug-likeness (QED) is 0.496. The number of halogens is 2. The Bertz CT molecular complexity index is 1150. The van der Waals surface area contributed by atoms with Crippen LogP contribution in [0.5, 0.6) is 0 Å². The molecule has 176 valence electrons. The first-order valence-corrected chi connectivity index (χ1v) is 11.7. The monoisotopic (exact) mass is 479 g/mol. The largest absolute Gasteiger partial charge is 0.354 e. The van der Waals surface area contributed by atoms with Gasteiger partial charge in [0, 0.05) is 26.1 Å². The van der Waals surface area contributed by atoms with Gasteiger partial charge >= 0.3 is 0 Å². The van der Waals surface area contributed by atoms with Crippen molar-refractivity contribution in [3.8, 4) is 0 Å². The second kappa shape index (κ2) is 11.3. The fourth-order valence-corrected chi connectivity index (χ4v) is 4.37. The highest BCUT2D eigenvalue weighted by atomic mass is 35.5. The fraction of sp³-hybridized carbons (Fsp3) is 0.259. The molecule has 3 aromatic rings. The maximum absolute atomic E-state index is 13.1. The molecule has 0 saturated carbocycles. The topological polar surface area (TPSA) is 61.4 Å². The second-order valence-corrected chi connectivity index (χ2v) is 8.81. The molecule has 5 nitrogen and oxygen atoms in total. The summed E-state index contributed by atoms with van der Waals surface area (Å²) in [5, 5.41) is 6.35. The predicted molar refractivity (Wildman–Crippen MR) is 132 cm³/mol. The zero-order valence-electron chi connectivity index (χ0n) is 18.8. The summed E-state index contributed by atoms with van der Waals surface area (Å²) >= 11 is 6.14. The van der Waals surface area contributed by atoms with E-state index >= 15 is 0 Å². The van der Waals surface area contributed by atoms with Crippen LogP contribution < -0.4 is 10.6 Å². The van der Waals surface area contributed by atoms with Gasteiger partial charge in [-0.25, -0.2) is 4.39 Å². The van der Waals surface area contributed by atoms with Crippen LogP contribution >= 0.6 is 11.6 Å². The van der Waals surface area contributed by atoms with Gasteiger partial charge in [0.25, 0.3) is 0 Å². The molecule has 4 rings (SSSR count). The molecule has 0 bridgehead atoms. The van der Waals surface area contributed by atoms with E-state index in [1.54, 1.807) is 24.3 Å². The SMILES string of the molecule is O=C(CCN1Cc2ccccc2CC1C(=O)NCCc1ccc(F)cc1)Nc1ccccc1Cl. The molecule has 0 aromatic heterocycles. The van der Waals surface area contributed by atoms with Crippen LogP contribution in [0.2, 0.25) is 5.02 Å². The van der Waals surface area contributed by atoms with Crippen molar-refractivity contribution in [2.45, 2.75) is 31.8 Å². The molecule has 1 atom stereocenters. The molecule has 1 heterocycles. The van der Waals surface area contributed by atoms with Crippen LogP contribution in [0.25, 0.3) is 0 Å². The highest BCUT2D eigenvalue weighted by Gasteiger charge is 2.31. The van der Waals surface area contributed by atoms with E-state index in [-0.39, 0.29) is 30.1 Å². The lowest BCUT2D eigenvalue weighted by Gasteiger charge is -2.36. The molecule has 0 radical (unpaired) electrons. The van der Waals surface area contributed by atoms with Gasteiger partial charge in [-0.2, -0.15) is 0 Å². The first-order chi connectivity index (χ1) is 16.5. The molecule has 0 fully saturated rings. The van der Waals surface area contributed by atoms with Crippen molar-refractivity contribution >= 4 is 29.1 Å². The Kier molecular flexibility index (Phi) is 7.93. The van der Waals surface area contributed by atoms with Gasteiger partial charge in [0.2, 0.25) is 11.8 Å². The minimum absolute atomic E-state index is 0.0665. The lowest BCUT2D eigenvalue weighted by Crippen LogP contribution is -2.51. The van der Waals surface area contributed by atoms with E-state index in [1.165, 1.54) is 17.7 Å². The Morgan fingerprint density at radius 1 is 0.971 bits per heavy atom. The van der Waals surface area contributed by atoms with E-state index in [0.717, 1.165) is 11.1 Å². The van der Waals surface area contributed by atoms with Crippen molar-refractivity contribution in [2.75, 3.05) is 18.4 Å². The molecule has 1 unspecified atom stereocenters. The molecule has 1 aliphatic rings. The lowest BCUT2D eigenvalue weighted by atomic mass is 9.93. The molecule has 0 aliphatic carbocycles. The van der Waals surface area contributed by atoms with Gasteiger partial charge in [-0.15, -0.1) is 0 Å². The van der Waals surface area contributed by atoms with Gasteiger partial charge in [-0.1, -0.05) is 60.1 Å². The highest BCUT2D eigenvalue weighted by molar-refractivity contribution is 6.33. The van der Waals surface area contributed by atoms with Crippen molar-refractivity contribution in [3.05, 3.63) is 100 Å². The minimum atomic E-state index is -0.365. The summed E-state index contributed by atoms with van der Waals surface area (Å²) < 4.78 is 13.1. The van der Waals surface area contributed by atoms with E-state index in [1.807, 2.05) is 24.3 Å². The number of fused-ring (bicyclic) bond motifs is 1. The van der Waals surface area contributed by atoms with Gasteiger partial charge in [0.15, 0.2) is 0 Å². The molecule has 34 heavy (non-hydrogen) atoms. The summed E-state index contributed by atoms with van der Waals surface area (Å²) in [6, 6.07) is 21.1. The van der Waals surface area contributed by atoms with E-state index in [0.29, 0.717) is 43.2 Å². The zero-order chi connectivity index (χ0) is 23.9. The molecular weight excluding hydrogens is 453 g/mol. The van der Waals surface area contributed by atoms with Gasteiger partial charge in [0.1, 0.15) is 5.82 Å². The van der Waals surface area contributed by atoms with Crippen LogP contribution in [0.15, 0.2) is 72.8 Å². The van der Waals surface area contributed by atoms with Crippen molar-refractivity contribution in [2.24, 2.45) is 0 Å². The van der Waals surface area contributed by atoms with Crippen LogP contribution in [0.1, 0.15) is 23.1 Å². The number of para-hydroxylation sites is 1. The summed E-state index contributed by atoms with van der Waals surface area (Å²) in [7, 11) is 0. The standard InChI is InChI=1S/C27H27ClFN3O2/c28-23-7-3-4-8-24(23)31-26(33)14-16-32-18-21-6-2-1-5-20(21)17-25(32)27(34)30-15-13-19-9-11-22(29)12-10-19/h1-12,25H,13-18H2,(H,30,34)(H,31,33). The average Bonchev–Trinajstić information content (AvgIpc) is 2.84.